The summed E-state index contributed by atoms with van der Waals surface area (Å²) in [5.74, 6) is -2.51. The van der Waals surface area contributed by atoms with Gasteiger partial charge in [0.05, 0.1) is 0 Å². The third kappa shape index (κ3) is 4.34. The molecule has 0 saturated carbocycles. The number of amides is 2. The fraction of sp³-hybridized carbons (Fsp3) is 0.182. The van der Waals surface area contributed by atoms with Gasteiger partial charge in [-0.1, -0.05) is 31.2 Å². The number of hydrogen-bond acceptors (Lipinski definition) is 3. The van der Waals surface area contributed by atoms with Crippen molar-refractivity contribution in [1.82, 2.24) is 10.6 Å². The Morgan fingerprint density at radius 2 is 1.90 bits per heavy atom. The molecule has 0 aliphatic carbocycles. The molecule has 7 heteroatoms. The summed E-state index contributed by atoms with van der Waals surface area (Å²) >= 11 is 0. The van der Waals surface area contributed by atoms with Gasteiger partial charge in [-0.05, 0) is 29.8 Å². The first kappa shape index (κ1) is 20.3. The van der Waals surface area contributed by atoms with E-state index in [-0.39, 0.29) is 5.56 Å². The zero-order chi connectivity index (χ0) is 21.0. The predicted octanol–water partition coefficient (Wildman–Crippen LogP) is 3.89. The zero-order valence-electron chi connectivity index (χ0n) is 16.0. The van der Waals surface area contributed by atoms with Crippen LogP contribution >= 0.6 is 0 Å². The Balaban J connectivity index is 1.85. The van der Waals surface area contributed by atoms with Crippen LogP contribution in [0.25, 0.3) is 17.0 Å². The predicted molar refractivity (Wildman–Crippen MR) is 106 cm³/mol. The summed E-state index contributed by atoms with van der Waals surface area (Å²) in [7, 11) is 1.39. The topological polar surface area (TPSA) is 71.3 Å². The summed E-state index contributed by atoms with van der Waals surface area (Å²) in [4.78, 5) is 24.6. The molecule has 1 aromatic heterocycles. The quantitative estimate of drug-likeness (QED) is 0.619. The highest BCUT2D eigenvalue weighted by Crippen LogP contribution is 2.27. The number of furan rings is 1. The number of carbonyl (C=O) groups excluding carboxylic acids is 2. The van der Waals surface area contributed by atoms with Crippen molar-refractivity contribution < 1.29 is 22.8 Å². The van der Waals surface area contributed by atoms with E-state index in [1.54, 1.807) is 6.08 Å². The number of rotatable bonds is 6. The summed E-state index contributed by atoms with van der Waals surface area (Å²) in [5, 5.41) is 5.80. The van der Waals surface area contributed by atoms with E-state index < -0.39 is 29.5 Å². The number of hydrogen-bond donors (Lipinski definition) is 2. The standard InChI is InChI=1S/C22H20F2N2O3/c1-3-18-15(14-6-4-5-7-19(14)29-18)9-11-20(27)26-21(22(28)25-2)13-8-10-16(23)17(24)12-13/h4-12,21H,3H2,1-2H3,(H,25,28)(H,26,27). The molecular weight excluding hydrogens is 378 g/mol. The summed E-state index contributed by atoms with van der Waals surface area (Å²) in [5.41, 5.74) is 1.63. The first-order valence-corrected chi connectivity index (χ1v) is 9.10. The van der Waals surface area contributed by atoms with Gasteiger partial charge in [0.15, 0.2) is 11.6 Å². The van der Waals surface area contributed by atoms with E-state index in [1.807, 2.05) is 31.2 Å². The monoisotopic (exact) mass is 398 g/mol. The molecule has 1 atom stereocenters. The van der Waals surface area contributed by atoms with Crippen LogP contribution in [-0.2, 0) is 16.0 Å². The molecule has 0 aliphatic heterocycles. The molecule has 3 rings (SSSR count). The van der Waals surface area contributed by atoms with E-state index in [1.165, 1.54) is 19.2 Å². The molecule has 0 aliphatic rings. The average molecular weight is 398 g/mol. The van der Waals surface area contributed by atoms with Gasteiger partial charge in [0.25, 0.3) is 0 Å². The molecule has 0 bridgehead atoms. The lowest BCUT2D eigenvalue weighted by atomic mass is 10.1. The van der Waals surface area contributed by atoms with Crippen LogP contribution in [0.4, 0.5) is 8.78 Å². The van der Waals surface area contributed by atoms with Crippen molar-refractivity contribution >= 4 is 28.9 Å². The lowest BCUT2D eigenvalue weighted by Crippen LogP contribution is -2.38. The van der Waals surface area contributed by atoms with Gasteiger partial charge in [-0.2, -0.15) is 0 Å². The Labute approximate surface area is 166 Å². The first-order chi connectivity index (χ1) is 13.9. The summed E-state index contributed by atoms with van der Waals surface area (Å²) < 4.78 is 32.6. The van der Waals surface area contributed by atoms with Crippen LogP contribution in [0.3, 0.4) is 0 Å². The second-order valence-corrected chi connectivity index (χ2v) is 6.35. The fourth-order valence-electron chi connectivity index (χ4n) is 3.05. The Morgan fingerprint density at radius 3 is 2.59 bits per heavy atom. The molecule has 0 spiro atoms. The van der Waals surface area contributed by atoms with Crippen molar-refractivity contribution in [3.63, 3.8) is 0 Å². The van der Waals surface area contributed by atoms with E-state index in [0.29, 0.717) is 6.42 Å². The van der Waals surface area contributed by atoms with Crippen molar-refractivity contribution in [3.05, 3.63) is 77.1 Å². The smallest absolute Gasteiger partial charge is 0.246 e. The van der Waals surface area contributed by atoms with Crippen molar-refractivity contribution in [2.45, 2.75) is 19.4 Å². The summed E-state index contributed by atoms with van der Waals surface area (Å²) in [6.07, 6.45) is 3.55. The molecule has 2 amide bonds. The number of fused-ring (bicyclic) bond motifs is 1. The maximum atomic E-state index is 13.6. The van der Waals surface area contributed by atoms with Crippen LogP contribution in [0.1, 0.15) is 29.9 Å². The molecule has 150 valence electrons. The van der Waals surface area contributed by atoms with Crippen LogP contribution in [0.5, 0.6) is 0 Å². The molecule has 0 radical (unpaired) electrons. The lowest BCUT2D eigenvalue weighted by Gasteiger charge is -2.17. The van der Waals surface area contributed by atoms with Crippen LogP contribution in [-0.4, -0.2) is 18.9 Å². The summed E-state index contributed by atoms with van der Waals surface area (Å²) in [6.45, 7) is 1.94. The van der Waals surface area contributed by atoms with E-state index in [9.17, 15) is 18.4 Å². The Kier molecular flexibility index (Phi) is 6.07. The minimum absolute atomic E-state index is 0.132. The maximum Gasteiger partial charge on any atom is 0.246 e. The molecule has 1 heterocycles. The van der Waals surface area contributed by atoms with Crippen LogP contribution in [0.2, 0.25) is 0 Å². The Morgan fingerprint density at radius 1 is 1.14 bits per heavy atom. The van der Waals surface area contributed by atoms with Gasteiger partial charge in [-0.25, -0.2) is 8.78 Å². The van der Waals surface area contributed by atoms with Gasteiger partial charge in [-0.3, -0.25) is 9.59 Å². The normalized spacial score (nSPS) is 12.3. The highest BCUT2D eigenvalue weighted by Gasteiger charge is 2.22. The van der Waals surface area contributed by atoms with Gasteiger partial charge in [-0.15, -0.1) is 0 Å². The maximum absolute atomic E-state index is 13.6. The highest BCUT2D eigenvalue weighted by molar-refractivity contribution is 5.98. The second-order valence-electron chi connectivity index (χ2n) is 6.35. The Hall–Kier alpha value is -3.48. The Bertz CT molecular complexity index is 1090. The molecule has 1 unspecified atom stereocenters. The number of benzene rings is 2. The lowest BCUT2D eigenvalue weighted by molar-refractivity contribution is -0.126. The molecule has 2 N–H and O–H groups in total. The molecule has 2 aromatic carbocycles. The number of para-hydroxylation sites is 1. The molecule has 0 saturated heterocycles. The van der Waals surface area contributed by atoms with Crippen LogP contribution in [0.15, 0.2) is 53.0 Å². The zero-order valence-corrected chi connectivity index (χ0v) is 16.0. The van der Waals surface area contributed by atoms with Crippen molar-refractivity contribution in [2.75, 3.05) is 7.05 Å². The summed E-state index contributed by atoms with van der Waals surface area (Å²) in [6, 6.07) is 9.35. The van der Waals surface area contributed by atoms with E-state index in [2.05, 4.69) is 10.6 Å². The molecule has 5 nitrogen and oxygen atoms in total. The number of likely N-dealkylation sites (N-methyl/N-ethyl adjacent to an activating group) is 1. The number of nitrogens with one attached hydrogen (secondary N) is 2. The van der Waals surface area contributed by atoms with Gasteiger partial charge in [0, 0.05) is 30.5 Å². The van der Waals surface area contributed by atoms with Crippen molar-refractivity contribution in [1.29, 1.82) is 0 Å². The highest BCUT2D eigenvalue weighted by atomic mass is 19.2. The van der Waals surface area contributed by atoms with Gasteiger partial charge in [0.1, 0.15) is 17.4 Å². The largest absolute Gasteiger partial charge is 0.460 e. The molecule has 29 heavy (non-hydrogen) atoms. The third-order valence-electron chi connectivity index (χ3n) is 4.51. The number of aryl methyl sites for hydroxylation is 1. The van der Waals surface area contributed by atoms with Crippen LogP contribution in [0, 0.1) is 11.6 Å². The second kappa shape index (κ2) is 8.68. The fourth-order valence-corrected chi connectivity index (χ4v) is 3.05. The van der Waals surface area contributed by atoms with E-state index in [4.69, 9.17) is 4.42 Å². The van der Waals surface area contributed by atoms with E-state index in [0.717, 1.165) is 34.4 Å². The van der Waals surface area contributed by atoms with Gasteiger partial charge in [0.2, 0.25) is 11.8 Å². The minimum Gasteiger partial charge on any atom is -0.460 e. The molecule has 3 aromatic rings. The van der Waals surface area contributed by atoms with E-state index >= 15 is 0 Å². The SMILES string of the molecule is CCc1oc2ccccc2c1C=CC(=O)NC(C(=O)NC)c1ccc(F)c(F)c1. The van der Waals surface area contributed by atoms with Crippen molar-refractivity contribution in [2.24, 2.45) is 0 Å². The van der Waals surface area contributed by atoms with Gasteiger partial charge < -0.3 is 15.1 Å². The van der Waals surface area contributed by atoms with Crippen LogP contribution < -0.4 is 10.6 Å². The molecular formula is C22H20F2N2O3. The van der Waals surface area contributed by atoms with Gasteiger partial charge >= 0.3 is 0 Å². The number of halogens is 2. The average Bonchev–Trinajstić information content (AvgIpc) is 3.09. The van der Waals surface area contributed by atoms with Crippen molar-refractivity contribution in [3.8, 4) is 0 Å². The first-order valence-electron chi connectivity index (χ1n) is 9.10. The number of carbonyl (C=O) groups is 2. The third-order valence-corrected chi connectivity index (χ3v) is 4.51. The molecule has 0 fully saturated rings. The minimum atomic E-state index is -1.17.